The fourth-order valence-corrected chi connectivity index (χ4v) is 4.31. The molecule has 1 aliphatic heterocycles. The number of likely N-dealkylation sites (tertiary alicyclic amines) is 1. The van der Waals surface area contributed by atoms with E-state index in [1.807, 2.05) is 7.05 Å². The normalized spacial score (nSPS) is 19.1. The average molecular weight is 418 g/mol. The Labute approximate surface area is 182 Å². The second kappa shape index (κ2) is 12.8. The zero-order valence-corrected chi connectivity index (χ0v) is 18.8. The van der Waals surface area contributed by atoms with Crippen molar-refractivity contribution in [1.82, 2.24) is 10.2 Å². The first-order valence-corrected chi connectivity index (χ1v) is 11.6. The Bertz CT molecular complexity index is 638. The van der Waals surface area contributed by atoms with Gasteiger partial charge in [0.1, 0.15) is 5.75 Å². The molecule has 30 heavy (non-hydrogen) atoms. The molecule has 0 radical (unpaired) electrons. The molecule has 0 spiro atoms. The van der Waals surface area contributed by atoms with Gasteiger partial charge in [-0.3, -0.25) is 4.99 Å². The van der Waals surface area contributed by atoms with Crippen LogP contribution in [0, 0.1) is 0 Å². The summed E-state index contributed by atoms with van der Waals surface area (Å²) in [5, 5.41) is 3.52. The summed E-state index contributed by atoms with van der Waals surface area (Å²) in [6.07, 6.45) is 10.1. The number of piperidine rings is 1. The Morgan fingerprint density at radius 3 is 2.60 bits per heavy atom. The standard InChI is InChI=1S/C24H39N3O3/c1-25-24(27-14-12-21(13-15-27)29-17-7-16-28-2)26-19-20-8-6-11-23(18-20)30-22-9-4-3-5-10-22/h6,8,11,18,21-22H,3-5,7,9-10,12-17,19H2,1-2H3,(H,25,26). The van der Waals surface area contributed by atoms with E-state index >= 15 is 0 Å². The topological polar surface area (TPSA) is 55.3 Å². The summed E-state index contributed by atoms with van der Waals surface area (Å²) in [6.45, 7) is 4.24. The number of guanidine groups is 1. The molecular weight excluding hydrogens is 378 g/mol. The molecule has 6 heteroatoms. The first-order valence-electron chi connectivity index (χ1n) is 11.6. The number of nitrogens with one attached hydrogen (secondary N) is 1. The number of hydrogen-bond acceptors (Lipinski definition) is 4. The predicted molar refractivity (Wildman–Crippen MR) is 121 cm³/mol. The third kappa shape index (κ3) is 7.47. The van der Waals surface area contributed by atoms with Crippen LogP contribution in [0.25, 0.3) is 0 Å². The minimum Gasteiger partial charge on any atom is -0.490 e. The van der Waals surface area contributed by atoms with Crippen molar-refractivity contribution in [1.29, 1.82) is 0 Å². The summed E-state index contributed by atoms with van der Waals surface area (Å²) in [6, 6.07) is 8.47. The van der Waals surface area contributed by atoms with Gasteiger partial charge in [-0.2, -0.15) is 0 Å². The molecule has 1 N–H and O–H groups in total. The molecule has 1 heterocycles. The van der Waals surface area contributed by atoms with Crippen LogP contribution in [0.5, 0.6) is 5.75 Å². The highest BCUT2D eigenvalue weighted by molar-refractivity contribution is 5.80. The van der Waals surface area contributed by atoms with Crippen molar-refractivity contribution in [2.45, 2.75) is 70.1 Å². The first-order chi connectivity index (χ1) is 14.8. The van der Waals surface area contributed by atoms with Crippen LogP contribution in [0.4, 0.5) is 0 Å². The lowest BCUT2D eigenvalue weighted by Gasteiger charge is -2.34. The maximum Gasteiger partial charge on any atom is 0.193 e. The Balaban J connectivity index is 1.41. The summed E-state index contributed by atoms with van der Waals surface area (Å²) in [5.41, 5.74) is 1.22. The molecule has 6 nitrogen and oxygen atoms in total. The quantitative estimate of drug-likeness (QED) is 0.374. The van der Waals surface area contributed by atoms with Gasteiger partial charge in [-0.25, -0.2) is 0 Å². The highest BCUT2D eigenvalue weighted by Gasteiger charge is 2.22. The van der Waals surface area contributed by atoms with Crippen LogP contribution in [-0.4, -0.2) is 63.5 Å². The lowest BCUT2D eigenvalue weighted by Crippen LogP contribution is -2.46. The van der Waals surface area contributed by atoms with Gasteiger partial charge in [-0.05, 0) is 62.6 Å². The van der Waals surface area contributed by atoms with Crippen LogP contribution in [0.2, 0.25) is 0 Å². The molecule has 2 aliphatic rings. The molecule has 2 fully saturated rings. The molecule has 168 valence electrons. The fraction of sp³-hybridized carbons (Fsp3) is 0.708. The Morgan fingerprint density at radius 2 is 1.87 bits per heavy atom. The van der Waals surface area contributed by atoms with Crippen molar-refractivity contribution in [2.75, 3.05) is 40.5 Å². The van der Waals surface area contributed by atoms with Crippen LogP contribution in [0.3, 0.4) is 0 Å². The zero-order valence-electron chi connectivity index (χ0n) is 18.8. The van der Waals surface area contributed by atoms with Gasteiger partial charge in [-0.1, -0.05) is 18.6 Å². The smallest absolute Gasteiger partial charge is 0.193 e. The molecule has 0 bridgehead atoms. The number of nitrogens with zero attached hydrogens (tertiary/aromatic N) is 2. The van der Waals surface area contributed by atoms with Gasteiger partial charge in [-0.15, -0.1) is 0 Å². The van der Waals surface area contributed by atoms with Gasteiger partial charge in [0, 0.05) is 47.0 Å². The fourth-order valence-electron chi connectivity index (χ4n) is 4.31. The lowest BCUT2D eigenvalue weighted by atomic mass is 9.98. The molecule has 1 saturated heterocycles. The van der Waals surface area contributed by atoms with Crippen LogP contribution < -0.4 is 10.1 Å². The van der Waals surface area contributed by atoms with Crippen molar-refractivity contribution >= 4 is 5.96 Å². The van der Waals surface area contributed by atoms with E-state index in [2.05, 4.69) is 39.5 Å². The maximum absolute atomic E-state index is 6.21. The van der Waals surface area contributed by atoms with E-state index in [4.69, 9.17) is 14.2 Å². The summed E-state index contributed by atoms with van der Waals surface area (Å²) in [5.74, 6) is 1.95. The highest BCUT2D eigenvalue weighted by atomic mass is 16.5. The number of methoxy groups -OCH3 is 1. The molecular formula is C24H39N3O3. The van der Waals surface area contributed by atoms with Gasteiger partial charge < -0.3 is 24.4 Å². The summed E-state index contributed by atoms with van der Waals surface area (Å²) in [7, 11) is 3.59. The van der Waals surface area contributed by atoms with Crippen molar-refractivity contribution in [2.24, 2.45) is 4.99 Å². The lowest BCUT2D eigenvalue weighted by molar-refractivity contribution is 0.00989. The molecule has 1 aromatic carbocycles. The number of rotatable bonds is 9. The Hall–Kier alpha value is -1.79. The van der Waals surface area contributed by atoms with E-state index in [1.165, 1.54) is 37.7 Å². The van der Waals surface area contributed by atoms with E-state index in [0.717, 1.165) is 63.8 Å². The molecule has 1 aromatic rings. The third-order valence-electron chi connectivity index (χ3n) is 6.00. The van der Waals surface area contributed by atoms with Gasteiger partial charge in [0.2, 0.25) is 0 Å². The second-order valence-corrected chi connectivity index (χ2v) is 8.33. The zero-order chi connectivity index (χ0) is 21.0. The first kappa shape index (κ1) is 22.9. The maximum atomic E-state index is 6.21. The van der Waals surface area contributed by atoms with Crippen LogP contribution in [-0.2, 0) is 16.0 Å². The van der Waals surface area contributed by atoms with E-state index in [0.29, 0.717) is 12.2 Å². The monoisotopic (exact) mass is 417 g/mol. The molecule has 3 rings (SSSR count). The van der Waals surface area contributed by atoms with E-state index < -0.39 is 0 Å². The minimum atomic E-state index is 0.352. The van der Waals surface area contributed by atoms with Crippen molar-refractivity contribution in [3.8, 4) is 5.75 Å². The van der Waals surface area contributed by atoms with E-state index in [1.54, 1.807) is 7.11 Å². The van der Waals surface area contributed by atoms with Crippen molar-refractivity contribution in [3.05, 3.63) is 29.8 Å². The van der Waals surface area contributed by atoms with Gasteiger partial charge in [0.25, 0.3) is 0 Å². The second-order valence-electron chi connectivity index (χ2n) is 8.33. The average Bonchev–Trinajstić information content (AvgIpc) is 2.79. The molecule has 1 saturated carbocycles. The van der Waals surface area contributed by atoms with Crippen LogP contribution >= 0.6 is 0 Å². The van der Waals surface area contributed by atoms with E-state index in [-0.39, 0.29) is 0 Å². The number of ether oxygens (including phenoxy) is 3. The Kier molecular flexibility index (Phi) is 9.77. The number of benzene rings is 1. The predicted octanol–water partition coefficient (Wildman–Crippen LogP) is 3.99. The van der Waals surface area contributed by atoms with Crippen LogP contribution in [0.15, 0.2) is 29.3 Å². The Morgan fingerprint density at radius 1 is 1.07 bits per heavy atom. The van der Waals surface area contributed by atoms with Gasteiger partial charge in [0.05, 0.1) is 12.2 Å². The molecule has 1 aliphatic carbocycles. The van der Waals surface area contributed by atoms with E-state index in [9.17, 15) is 0 Å². The SMILES string of the molecule is CN=C(NCc1cccc(OC2CCCCC2)c1)N1CCC(OCCCOC)CC1. The van der Waals surface area contributed by atoms with Gasteiger partial charge >= 0.3 is 0 Å². The number of aliphatic imine (C=N–C) groups is 1. The van der Waals surface area contributed by atoms with Gasteiger partial charge in [0.15, 0.2) is 5.96 Å². The van der Waals surface area contributed by atoms with Crippen LogP contribution in [0.1, 0.15) is 56.9 Å². The molecule has 0 unspecified atom stereocenters. The highest BCUT2D eigenvalue weighted by Crippen LogP contribution is 2.24. The largest absolute Gasteiger partial charge is 0.490 e. The molecule has 0 amide bonds. The summed E-state index contributed by atoms with van der Waals surface area (Å²) in [4.78, 5) is 6.83. The third-order valence-corrected chi connectivity index (χ3v) is 6.00. The van der Waals surface area contributed by atoms with Crippen molar-refractivity contribution < 1.29 is 14.2 Å². The summed E-state index contributed by atoms with van der Waals surface area (Å²) >= 11 is 0. The number of hydrogen-bond donors (Lipinski definition) is 1. The summed E-state index contributed by atoms with van der Waals surface area (Å²) < 4.78 is 17.3. The molecule has 0 aromatic heterocycles. The minimum absolute atomic E-state index is 0.352. The molecule has 0 atom stereocenters. The van der Waals surface area contributed by atoms with Crippen molar-refractivity contribution in [3.63, 3.8) is 0 Å².